The number of fused-ring (bicyclic) bond motifs is 1. The number of likely N-dealkylation sites (tertiary alicyclic amines) is 1. The summed E-state index contributed by atoms with van der Waals surface area (Å²) in [5.74, 6) is 1.59. The molecule has 4 rings (SSSR count). The molecule has 2 amide bonds. The number of nitrogens with zero attached hydrogens (tertiary/aromatic N) is 3. The largest absolute Gasteiger partial charge is 0.376 e. The topological polar surface area (TPSA) is 79.4 Å². The highest BCUT2D eigenvalue weighted by Crippen LogP contribution is 2.34. The van der Waals surface area contributed by atoms with E-state index in [4.69, 9.17) is 4.74 Å². The Balaban J connectivity index is 1.28. The highest BCUT2D eigenvalue weighted by atomic mass is 16.5. The molecule has 7 heteroatoms. The molecule has 3 aliphatic rings. The van der Waals surface area contributed by atoms with Crippen LogP contribution in [-0.2, 0) is 4.74 Å². The van der Waals surface area contributed by atoms with Crippen molar-refractivity contribution in [3.8, 4) is 0 Å². The summed E-state index contributed by atoms with van der Waals surface area (Å²) in [5.41, 5.74) is 0. The Morgan fingerprint density at radius 1 is 1.30 bits per heavy atom. The quantitative estimate of drug-likeness (QED) is 0.869. The summed E-state index contributed by atoms with van der Waals surface area (Å²) in [5, 5.41) is 6.33. The summed E-state index contributed by atoms with van der Waals surface area (Å²) in [7, 11) is 0. The van der Waals surface area contributed by atoms with Crippen LogP contribution >= 0.6 is 0 Å². The number of hydrogen-bond acceptors (Lipinski definition) is 5. The Labute approximate surface area is 135 Å². The van der Waals surface area contributed by atoms with Crippen molar-refractivity contribution in [2.45, 2.75) is 31.4 Å². The molecule has 0 unspecified atom stereocenters. The maximum Gasteiger partial charge on any atom is 0.317 e. The fraction of sp³-hybridized carbons (Fsp3) is 0.688. The van der Waals surface area contributed by atoms with Crippen LogP contribution in [0, 0.1) is 11.8 Å². The molecule has 0 bridgehead atoms. The first-order chi connectivity index (χ1) is 11.3. The van der Waals surface area contributed by atoms with Gasteiger partial charge in [-0.3, -0.25) is 0 Å². The van der Waals surface area contributed by atoms with Crippen LogP contribution in [0.25, 0.3) is 0 Å². The van der Waals surface area contributed by atoms with Crippen molar-refractivity contribution in [3.63, 3.8) is 0 Å². The number of hydrogen-bond donors (Lipinski definition) is 2. The molecule has 3 fully saturated rings. The molecule has 1 aromatic heterocycles. The van der Waals surface area contributed by atoms with Gasteiger partial charge in [0.05, 0.1) is 12.7 Å². The molecule has 3 atom stereocenters. The standard InChI is InChI=1S/C16H23N5O2/c22-16(20-12-2-3-12)21-7-4-13-11(9-21)10-23-14(13)8-19-15-17-5-1-6-18-15/h1,5-6,11-14H,2-4,7-10H2,(H,20,22)(H,17,18,19)/t11-,13-,14+/m1/s1. The van der Waals surface area contributed by atoms with Gasteiger partial charge in [-0.05, 0) is 31.2 Å². The van der Waals surface area contributed by atoms with Gasteiger partial charge in [0.15, 0.2) is 0 Å². The minimum Gasteiger partial charge on any atom is -0.376 e. The van der Waals surface area contributed by atoms with E-state index in [9.17, 15) is 4.79 Å². The number of aromatic nitrogens is 2. The lowest BCUT2D eigenvalue weighted by Crippen LogP contribution is -2.49. The maximum atomic E-state index is 12.2. The van der Waals surface area contributed by atoms with Crippen molar-refractivity contribution in [2.24, 2.45) is 11.8 Å². The zero-order valence-electron chi connectivity index (χ0n) is 13.1. The van der Waals surface area contributed by atoms with Crippen molar-refractivity contribution >= 4 is 12.0 Å². The van der Waals surface area contributed by atoms with E-state index in [2.05, 4.69) is 20.6 Å². The first-order valence-corrected chi connectivity index (χ1v) is 8.47. The summed E-state index contributed by atoms with van der Waals surface area (Å²) >= 11 is 0. The van der Waals surface area contributed by atoms with Crippen molar-refractivity contribution in [3.05, 3.63) is 18.5 Å². The summed E-state index contributed by atoms with van der Waals surface area (Å²) in [6.07, 6.45) is 6.89. The highest BCUT2D eigenvalue weighted by molar-refractivity contribution is 5.75. The maximum absolute atomic E-state index is 12.2. The van der Waals surface area contributed by atoms with Gasteiger partial charge in [0.25, 0.3) is 0 Å². The molecule has 2 saturated heterocycles. The van der Waals surface area contributed by atoms with Crippen LogP contribution in [0.2, 0.25) is 0 Å². The molecule has 0 aromatic carbocycles. The fourth-order valence-electron chi connectivity index (χ4n) is 3.56. The number of nitrogens with one attached hydrogen (secondary N) is 2. The van der Waals surface area contributed by atoms with E-state index < -0.39 is 0 Å². The normalized spacial score (nSPS) is 29.9. The zero-order valence-corrected chi connectivity index (χ0v) is 13.1. The molecule has 1 saturated carbocycles. The smallest absolute Gasteiger partial charge is 0.317 e. The van der Waals surface area contributed by atoms with Gasteiger partial charge in [0.1, 0.15) is 0 Å². The van der Waals surface area contributed by atoms with Crippen molar-refractivity contribution < 1.29 is 9.53 Å². The lowest BCUT2D eigenvalue weighted by Gasteiger charge is -2.35. The van der Waals surface area contributed by atoms with E-state index in [0.29, 0.717) is 23.8 Å². The van der Waals surface area contributed by atoms with Crippen molar-refractivity contribution in [1.29, 1.82) is 0 Å². The molecule has 1 aliphatic carbocycles. The fourth-order valence-corrected chi connectivity index (χ4v) is 3.56. The lowest BCUT2D eigenvalue weighted by atomic mass is 9.84. The van der Waals surface area contributed by atoms with Gasteiger partial charge >= 0.3 is 6.03 Å². The predicted octanol–water partition coefficient (Wildman–Crippen LogP) is 1.10. The molecule has 7 nitrogen and oxygen atoms in total. The third-order valence-electron chi connectivity index (χ3n) is 5.01. The number of rotatable bonds is 4. The Bertz CT molecular complexity index is 551. The van der Waals surface area contributed by atoms with Gasteiger partial charge in [0, 0.05) is 44.0 Å². The molecular weight excluding hydrogens is 294 g/mol. The second kappa shape index (κ2) is 6.31. The third-order valence-corrected chi connectivity index (χ3v) is 5.01. The number of carbonyl (C=O) groups excluding carboxylic acids is 1. The molecule has 23 heavy (non-hydrogen) atoms. The van der Waals surface area contributed by atoms with E-state index in [1.54, 1.807) is 18.5 Å². The van der Waals surface area contributed by atoms with Gasteiger partial charge < -0.3 is 20.3 Å². The summed E-state index contributed by atoms with van der Waals surface area (Å²) in [6, 6.07) is 2.32. The SMILES string of the molecule is O=C(NC1CC1)N1CC[C@@H]2[C@@H](CO[C@H]2CNc2ncccn2)C1. The monoisotopic (exact) mass is 317 g/mol. The van der Waals surface area contributed by atoms with Gasteiger partial charge in [-0.25, -0.2) is 14.8 Å². The number of amides is 2. The van der Waals surface area contributed by atoms with Crippen LogP contribution < -0.4 is 10.6 Å². The number of urea groups is 1. The average molecular weight is 317 g/mol. The van der Waals surface area contributed by atoms with Crippen LogP contribution in [0.15, 0.2) is 18.5 Å². The molecule has 0 spiro atoms. The van der Waals surface area contributed by atoms with E-state index in [1.165, 1.54) is 0 Å². The molecule has 2 N–H and O–H groups in total. The highest BCUT2D eigenvalue weighted by Gasteiger charge is 2.42. The van der Waals surface area contributed by atoms with E-state index in [1.807, 2.05) is 4.90 Å². The van der Waals surface area contributed by atoms with Crippen LogP contribution in [0.1, 0.15) is 19.3 Å². The number of ether oxygens (including phenoxy) is 1. The Kier molecular flexibility index (Phi) is 4.03. The molecule has 1 aromatic rings. The molecule has 0 radical (unpaired) electrons. The van der Waals surface area contributed by atoms with Crippen molar-refractivity contribution in [2.75, 3.05) is 31.6 Å². The molecule has 124 valence electrons. The molecule has 3 heterocycles. The van der Waals surface area contributed by atoms with Gasteiger partial charge in [0.2, 0.25) is 5.95 Å². The van der Waals surface area contributed by atoms with Crippen LogP contribution in [0.5, 0.6) is 0 Å². The molecular formula is C16H23N5O2. The number of carbonyl (C=O) groups is 1. The van der Waals surface area contributed by atoms with E-state index in [0.717, 1.165) is 45.5 Å². The predicted molar refractivity (Wildman–Crippen MR) is 85.0 cm³/mol. The summed E-state index contributed by atoms with van der Waals surface area (Å²) < 4.78 is 5.97. The second-order valence-electron chi connectivity index (χ2n) is 6.71. The minimum absolute atomic E-state index is 0.102. The minimum atomic E-state index is 0.102. The van der Waals surface area contributed by atoms with Crippen LogP contribution in [-0.4, -0.2) is 59.3 Å². The van der Waals surface area contributed by atoms with Crippen LogP contribution in [0.3, 0.4) is 0 Å². The summed E-state index contributed by atoms with van der Waals surface area (Å²) in [6.45, 7) is 3.09. The Hall–Kier alpha value is -1.89. The Morgan fingerprint density at radius 2 is 2.13 bits per heavy atom. The van der Waals surface area contributed by atoms with Gasteiger partial charge in [-0.2, -0.15) is 0 Å². The van der Waals surface area contributed by atoms with Gasteiger partial charge in [-0.15, -0.1) is 0 Å². The summed E-state index contributed by atoms with van der Waals surface area (Å²) in [4.78, 5) is 22.5. The zero-order chi connectivity index (χ0) is 15.6. The van der Waals surface area contributed by atoms with Gasteiger partial charge in [-0.1, -0.05) is 0 Å². The van der Waals surface area contributed by atoms with E-state index >= 15 is 0 Å². The second-order valence-corrected chi connectivity index (χ2v) is 6.71. The Morgan fingerprint density at radius 3 is 2.91 bits per heavy atom. The first-order valence-electron chi connectivity index (χ1n) is 8.47. The molecule has 2 aliphatic heterocycles. The van der Waals surface area contributed by atoms with E-state index in [-0.39, 0.29) is 12.1 Å². The number of piperidine rings is 1. The average Bonchev–Trinajstić information content (AvgIpc) is 3.31. The third kappa shape index (κ3) is 3.39. The van der Waals surface area contributed by atoms with Crippen molar-refractivity contribution in [1.82, 2.24) is 20.2 Å². The number of anilines is 1. The first kappa shape index (κ1) is 14.7. The lowest BCUT2D eigenvalue weighted by molar-refractivity contribution is 0.0966. The van der Waals surface area contributed by atoms with Crippen LogP contribution in [0.4, 0.5) is 10.7 Å².